The van der Waals surface area contributed by atoms with Crippen molar-refractivity contribution in [2.75, 3.05) is 0 Å². The number of phosphoric ester groups is 1. The maximum absolute atomic E-state index is 13.5. The smallest absolute Gasteiger partial charge is 0.455 e. The van der Waals surface area contributed by atoms with E-state index in [1.54, 1.807) is 46.2 Å². The van der Waals surface area contributed by atoms with Gasteiger partial charge in [0, 0.05) is 11.0 Å². The first-order valence-corrected chi connectivity index (χ1v) is 12.9. The quantitative estimate of drug-likeness (QED) is 0.302. The van der Waals surface area contributed by atoms with Gasteiger partial charge in [0.25, 0.3) is 0 Å². The molecule has 1 heterocycles. The minimum absolute atomic E-state index is 0.000974. The Morgan fingerprint density at radius 2 is 1.33 bits per heavy atom. The molecule has 33 heavy (non-hydrogen) atoms. The summed E-state index contributed by atoms with van der Waals surface area (Å²) in [4.78, 5) is 13.0. The van der Waals surface area contributed by atoms with Crippen LogP contribution in [0.1, 0.15) is 125 Å². The SMILES string of the molecule is CC(C)c1c(C(=O)OC(C)(C)C)nn(COP(=O)(OC(C)(C)C)OC(C)(C)C)c1C(C)(C)C. The first-order valence-electron chi connectivity index (χ1n) is 11.4. The van der Waals surface area contributed by atoms with Crippen molar-refractivity contribution in [2.45, 2.75) is 132 Å². The normalized spacial score (nSPS) is 14.2. The lowest BCUT2D eigenvalue weighted by molar-refractivity contribution is -0.00826. The third kappa shape index (κ3) is 9.51. The summed E-state index contributed by atoms with van der Waals surface area (Å²) in [7, 11) is -3.96. The molecule has 0 unspecified atom stereocenters. The van der Waals surface area contributed by atoms with Crippen LogP contribution in [0.5, 0.6) is 0 Å². The van der Waals surface area contributed by atoms with E-state index in [-0.39, 0.29) is 23.8 Å². The van der Waals surface area contributed by atoms with Gasteiger partial charge < -0.3 is 4.74 Å². The average Bonchev–Trinajstić information content (AvgIpc) is 2.87. The monoisotopic (exact) mass is 488 g/mol. The Hall–Kier alpha value is -1.21. The van der Waals surface area contributed by atoms with Crippen LogP contribution in [0.4, 0.5) is 0 Å². The molecule has 0 N–H and O–H groups in total. The van der Waals surface area contributed by atoms with Crippen LogP contribution in [0.25, 0.3) is 0 Å². The van der Waals surface area contributed by atoms with Gasteiger partial charge >= 0.3 is 13.8 Å². The third-order valence-corrected chi connectivity index (χ3v) is 5.95. The zero-order valence-electron chi connectivity index (χ0n) is 23.1. The number of aromatic nitrogens is 2. The van der Waals surface area contributed by atoms with Gasteiger partial charge in [0.2, 0.25) is 0 Å². The molecular formula is C24H45N2O6P. The second-order valence-corrected chi connectivity index (χ2v) is 14.1. The molecule has 0 bridgehead atoms. The largest absolute Gasteiger partial charge is 0.477 e. The second-order valence-electron chi connectivity index (χ2n) is 12.6. The van der Waals surface area contributed by atoms with Gasteiger partial charge in [-0.1, -0.05) is 34.6 Å². The van der Waals surface area contributed by atoms with Gasteiger partial charge in [0.05, 0.1) is 16.9 Å². The number of rotatable bonds is 7. The molecule has 1 rings (SSSR count). The summed E-state index contributed by atoms with van der Waals surface area (Å²) < 4.78 is 37.9. The van der Waals surface area contributed by atoms with Crippen molar-refractivity contribution in [1.29, 1.82) is 0 Å². The number of esters is 1. The minimum Gasteiger partial charge on any atom is -0.455 e. The molecule has 0 saturated heterocycles. The number of carbonyl (C=O) groups excluding carboxylic acids is 1. The predicted molar refractivity (Wildman–Crippen MR) is 131 cm³/mol. The fourth-order valence-corrected chi connectivity index (χ4v) is 4.99. The summed E-state index contributed by atoms with van der Waals surface area (Å²) in [5.74, 6) is -0.505. The lowest BCUT2D eigenvalue weighted by Crippen LogP contribution is -2.26. The maximum atomic E-state index is 13.5. The number of carbonyl (C=O) groups is 1. The van der Waals surface area contributed by atoms with Crippen LogP contribution in [-0.2, 0) is 35.0 Å². The molecule has 0 saturated carbocycles. The van der Waals surface area contributed by atoms with Crippen molar-refractivity contribution in [2.24, 2.45) is 0 Å². The van der Waals surface area contributed by atoms with E-state index in [2.05, 4.69) is 5.10 Å². The van der Waals surface area contributed by atoms with E-state index in [1.807, 2.05) is 55.4 Å². The molecule has 9 heteroatoms. The van der Waals surface area contributed by atoms with Crippen molar-refractivity contribution >= 4 is 13.8 Å². The third-order valence-electron chi connectivity index (χ3n) is 3.98. The van der Waals surface area contributed by atoms with E-state index in [0.29, 0.717) is 0 Å². The minimum atomic E-state index is -3.96. The van der Waals surface area contributed by atoms with E-state index in [4.69, 9.17) is 18.3 Å². The summed E-state index contributed by atoms with van der Waals surface area (Å²) in [6.07, 6.45) is 0. The molecule has 8 nitrogen and oxygen atoms in total. The van der Waals surface area contributed by atoms with Crippen molar-refractivity contribution in [3.8, 4) is 0 Å². The Balaban J connectivity index is 3.53. The van der Waals surface area contributed by atoms with E-state index in [9.17, 15) is 9.36 Å². The van der Waals surface area contributed by atoms with E-state index in [1.165, 1.54) is 0 Å². The molecule has 1 aromatic heterocycles. The highest BCUT2D eigenvalue weighted by Crippen LogP contribution is 2.55. The Morgan fingerprint density at radius 3 is 1.67 bits per heavy atom. The van der Waals surface area contributed by atoms with Crippen molar-refractivity contribution in [3.05, 3.63) is 17.0 Å². The summed E-state index contributed by atoms with van der Waals surface area (Å²) >= 11 is 0. The van der Waals surface area contributed by atoms with Gasteiger partial charge in [0.1, 0.15) is 5.60 Å². The van der Waals surface area contributed by atoms with Crippen LogP contribution < -0.4 is 0 Å². The van der Waals surface area contributed by atoms with Gasteiger partial charge in [-0.2, -0.15) is 5.10 Å². The van der Waals surface area contributed by atoms with Gasteiger partial charge in [-0.25, -0.2) is 14.0 Å². The molecule has 0 atom stereocenters. The number of nitrogens with zero attached hydrogens (tertiary/aromatic N) is 2. The highest BCUT2D eigenvalue weighted by Gasteiger charge is 2.39. The highest BCUT2D eigenvalue weighted by atomic mass is 31.2. The molecule has 0 aromatic carbocycles. The molecule has 0 aliphatic carbocycles. The molecule has 0 spiro atoms. The molecule has 192 valence electrons. The Bertz CT molecular complexity index is 857. The molecule has 0 aliphatic heterocycles. The lowest BCUT2D eigenvalue weighted by Gasteiger charge is -2.31. The van der Waals surface area contributed by atoms with Crippen LogP contribution in [0.3, 0.4) is 0 Å². The Kier molecular flexibility index (Phi) is 8.86. The zero-order valence-corrected chi connectivity index (χ0v) is 24.0. The standard InChI is InChI=1S/C24H45N2O6P/c1-16(2)17-18(20(27)30-22(6,7)8)25-26(19(17)21(3,4)5)15-29-33(28,31-23(9,10)11)32-24(12,13)14/h16H,15H2,1-14H3. The van der Waals surface area contributed by atoms with E-state index < -0.39 is 30.6 Å². The topological polar surface area (TPSA) is 88.9 Å². The Labute approximate surface area is 200 Å². The molecule has 0 radical (unpaired) electrons. The van der Waals surface area contributed by atoms with Crippen molar-refractivity contribution < 1.29 is 27.7 Å². The molecule has 1 aromatic rings. The van der Waals surface area contributed by atoms with Crippen molar-refractivity contribution in [3.63, 3.8) is 0 Å². The number of hydrogen-bond acceptors (Lipinski definition) is 7. The van der Waals surface area contributed by atoms with E-state index in [0.717, 1.165) is 11.3 Å². The fraction of sp³-hybridized carbons (Fsp3) is 0.833. The number of phosphoric acid groups is 1. The van der Waals surface area contributed by atoms with Crippen LogP contribution in [-0.4, -0.2) is 32.6 Å². The molecular weight excluding hydrogens is 443 g/mol. The fourth-order valence-electron chi connectivity index (χ4n) is 3.25. The number of hydrogen-bond donors (Lipinski definition) is 0. The summed E-state index contributed by atoms with van der Waals surface area (Å²) in [5, 5.41) is 4.56. The lowest BCUT2D eigenvalue weighted by atomic mass is 9.85. The van der Waals surface area contributed by atoms with Gasteiger partial charge in [-0.05, 0) is 68.2 Å². The first-order chi connectivity index (χ1) is 14.4. The molecule has 0 aliphatic rings. The van der Waals surface area contributed by atoms with Gasteiger partial charge in [-0.15, -0.1) is 0 Å². The summed E-state index contributed by atoms with van der Waals surface area (Å²) in [6.45, 7) is 26.0. The average molecular weight is 489 g/mol. The van der Waals surface area contributed by atoms with Crippen molar-refractivity contribution in [1.82, 2.24) is 9.78 Å². The van der Waals surface area contributed by atoms with E-state index >= 15 is 0 Å². The van der Waals surface area contributed by atoms with Crippen LogP contribution in [0.15, 0.2) is 0 Å². The first kappa shape index (κ1) is 29.8. The highest BCUT2D eigenvalue weighted by molar-refractivity contribution is 7.48. The summed E-state index contributed by atoms with van der Waals surface area (Å²) in [5.41, 5.74) is -0.748. The predicted octanol–water partition coefficient (Wildman–Crippen LogP) is 6.97. The number of ether oxygens (including phenoxy) is 1. The molecule has 0 amide bonds. The second kappa shape index (κ2) is 9.80. The van der Waals surface area contributed by atoms with Crippen LogP contribution >= 0.6 is 7.82 Å². The maximum Gasteiger partial charge on any atom is 0.477 e. The van der Waals surface area contributed by atoms with Crippen LogP contribution in [0.2, 0.25) is 0 Å². The van der Waals surface area contributed by atoms with Crippen LogP contribution in [0, 0.1) is 0 Å². The van der Waals surface area contributed by atoms with Gasteiger partial charge in [0.15, 0.2) is 12.4 Å². The Morgan fingerprint density at radius 1 is 0.879 bits per heavy atom. The van der Waals surface area contributed by atoms with Gasteiger partial charge in [-0.3, -0.25) is 13.6 Å². The zero-order chi connectivity index (χ0) is 26.2. The summed E-state index contributed by atoms with van der Waals surface area (Å²) in [6, 6.07) is 0. The molecule has 0 fully saturated rings.